The minimum absolute atomic E-state index is 0.0874. The third kappa shape index (κ3) is 3.09. The first kappa shape index (κ1) is 18.1. The smallest absolute Gasteiger partial charge is 0.375 e. The van der Waals surface area contributed by atoms with Crippen molar-refractivity contribution in [3.63, 3.8) is 0 Å². The number of amides is 1. The number of esters is 1. The van der Waals surface area contributed by atoms with Crippen LogP contribution in [0.4, 0.5) is 0 Å². The predicted molar refractivity (Wildman–Crippen MR) is 104 cm³/mol. The molecule has 1 aliphatic rings. The lowest BCUT2D eigenvalue weighted by molar-refractivity contribution is -0.125. The molecule has 1 atom stereocenters. The minimum Gasteiger partial charge on any atom is -0.450 e. The number of nitrogens with zero attached hydrogens (tertiary/aromatic N) is 1. The van der Waals surface area contributed by atoms with Gasteiger partial charge in [-0.25, -0.2) is 4.79 Å². The van der Waals surface area contributed by atoms with E-state index in [0.29, 0.717) is 11.1 Å². The van der Waals surface area contributed by atoms with E-state index in [1.807, 2.05) is 36.4 Å². The van der Waals surface area contributed by atoms with Gasteiger partial charge in [-0.1, -0.05) is 36.4 Å². The van der Waals surface area contributed by atoms with Crippen LogP contribution in [-0.4, -0.2) is 24.0 Å². The number of ether oxygens (including phenoxy) is 1. The summed E-state index contributed by atoms with van der Waals surface area (Å²) in [4.78, 5) is 24.6. The largest absolute Gasteiger partial charge is 0.450 e. The Balaban J connectivity index is 1.51. The zero-order valence-electron chi connectivity index (χ0n) is 15.7. The molecule has 1 N–H and O–H groups in total. The van der Waals surface area contributed by atoms with E-state index in [1.165, 1.54) is 0 Å². The molecular weight excluding hydrogens is 356 g/mol. The first-order valence-electron chi connectivity index (χ1n) is 9.23. The van der Waals surface area contributed by atoms with E-state index < -0.39 is 24.0 Å². The second-order valence-corrected chi connectivity index (χ2v) is 7.43. The highest BCUT2D eigenvalue weighted by molar-refractivity contribution is 6.08. The average Bonchev–Trinajstić information content (AvgIpc) is 3.50. The van der Waals surface area contributed by atoms with E-state index in [-0.39, 0.29) is 11.7 Å². The molecule has 0 aliphatic heterocycles. The molecule has 1 aromatic heterocycles. The maximum atomic E-state index is 12.5. The fraction of sp³-hybridized carbons (Fsp3) is 0.318. The Labute approximate surface area is 162 Å². The summed E-state index contributed by atoms with van der Waals surface area (Å²) in [6, 6.07) is 13.8. The molecule has 0 radical (unpaired) electrons. The molecule has 0 spiro atoms. The molecular formula is C22H20N2O4. The van der Waals surface area contributed by atoms with Crippen LogP contribution < -0.4 is 5.32 Å². The van der Waals surface area contributed by atoms with Crippen LogP contribution >= 0.6 is 0 Å². The Morgan fingerprint density at radius 1 is 1.25 bits per heavy atom. The van der Waals surface area contributed by atoms with Gasteiger partial charge >= 0.3 is 5.97 Å². The first-order valence-corrected chi connectivity index (χ1v) is 9.23. The van der Waals surface area contributed by atoms with Crippen LogP contribution in [-0.2, 0) is 9.53 Å². The number of hydrogen-bond donors (Lipinski definition) is 1. The molecule has 2 aromatic carbocycles. The lowest BCUT2D eigenvalue weighted by Crippen LogP contribution is -2.48. The summed E-state index contributed by atoms with van der Waals surface area (Å²) < 4.78 is 11.0. The highest BCUT2D eigenvalue weighted by Crippen LogP contribution is 2.39. The molecule has 4 rings (SSSR count). The molecule has 0 saturated heterocycles. The number of carbonyl (C=O) groups is 2. The molecule has 1 fully saturated rings. The van der Waals surface area contributed by atoms with Crippen LogP contribution in [0.5, 0.6) is 0 Å². The van der Waals surface area contributed by atoms with Gasteiger partial charge in [0.15, 0.2) is 6.61 Å². The molecule has 1 heterocycles. The third-order valence-corrected chi connectivity index (χ3v) is 5.37. The molecule has 1 amide bonds. The maximum Gasteiger partial charge on any atom is 0.375 e. The van der Waals surface area contributed by atoms with E-state index in [0.717, 1.165) is 29.0 Å². The Kier molecular flexibility index (Phi) is 4.31. The summed E-state index contributed by atoms with van der Waals surface area (Å²) in [5.74, 6) is -0.950. The second kappa shape index (κ2) is 6.68. The Hall–Kier alpha value is -3.33. The van der Waals surface area contributed by atoms with Gasteiger partial charge < -0.3 is 14.5 Å². The van der Waals surface area contributed by atoms with Crippen molar-refractivity contribution in [2.45, 2.75) is 32.2 Å². The monoisotopic (exact) mass is 376 g/mol. The summed E-state index contributed by atoms with van der Waals surface area (Å²) in [5, 5.41) is 14.7. The lowest BCUT2D eigenvalue weighted by atomic mass is 9.98. The average molecular weight is 376 g/mol. The molecule has 28 heavy (non-hydrogen) atoms. The van der Waals surface area contributed by atoms with Crippen LogP contribution in [0.2, 0.25) is 0 Å². The summed E-state index contributed by atoms with van der Waals surface area (Å²) in [7, 11) is 0. The molecule has 1 saturated carbocycles. The van der Waals surface area contributed by atoms with Crippen LogP contribution in [0, 0.1) is 24.2 Å². The van der Waals surface area contributed by atoms with E-state index in [9.17, 15) is 14.9 Å². The zero-order chi connectivity index (χ0) is 19.9. The summed E-state index contributed by atoms with van der Waals surface area (Å²) in [6.07, 6.45) is 1.83. The van der Waals surface area contributed by atoms with Gasteiger partial charge in [-0.15, -0.1) is 0 Å². The van der Waals surface area contributed by atoms with Crippen LogP contribution in [0.25, 0.3) is 21.7 Å². The number of furan rings is 1. The number of rotatable bonds is 5. The molecule has 6 nitrogen and oxygen atoms in total. The summed E-state index contributed by atoms with van der Waals surface area (Å²) >= 11 is 0. The molecule has 6 heteroatoms. The van der Waals surface area contributed by atoms with Gasteiger partial charge in [0.05, 0.1) is 6.07 Å². The summed E-state index contributed by atoms with van der Waals surface area (Å²) in [5.41, 5.74) is 0.376. The molecule has 3 aromatic rings. The SMILES string of the molecule is Cc1c(C(=O)OCC(=O)N[C@](C)(C#N)C2CC2)oc2c1ccc1ccccc12. The fourth-order valence-corrected chi connectivity index (χ4v) is 3.55. The molecule has 142 valence electrons. The number of benzene rings is 2. The van der Waals surface area contributed by atoms with Gasteiger partial charge in [0.1, 0.15) is 11.1 Å². The van der Waals surface area contributed by atoms with E-state index in [4.69, 9.17) is 9.15 Å². The number of carbonyl (C=O) groups excluding carboxylic acids is 2. The number of fused-ring (bicyclic) bond motifs is 3. The lowest BCUT2D eigenvalue weighted by Gasteiger charge is -2.22. The zero-order valence-corrected chi connectivity index (χ0v) is 15.7. The number of nitriles is 1. The number of aryl methyl sites for hydroxylation is 1. The highest BCUT2D eigenvalue weighted by Gasteiger charge is 2.43. The maximum absolute atomic E-state index is 12.5. The minimum atomic E-state index is -0.919. The van der Waals surface area contributed by atoms with Crippen molar-refractivity contribution in [3.8, 4) is 6.07 Å². The third-order valence-electron chi connectivity index (χ3n) is 5.37. The highest BCUT2D eigenvalue weighted by atomic mass is 16.5. The van der Waals surface area contributed by atoms with Crippen molar-refractivity contribution in [1.29, 1.82) is 5.26 Å². The van der Waals surface area contributed by atoms with Crippen molar-refractivity contribution in [2.24, 2.45) is 5.92 Å². The van der Waals surface area contributed by atoms with E-state index in [1.54, 1.807) is 13.8 Å². The Morgan fingerprint density at radius 2 is 2.00 bits per heavy atom. The van der Waals surface area contributed by atoms with Crippen molar-refractivity contribution < 1.29 is 18.7 Å². The summed E-state index contributed by atoms with van der Waals surface area (Å²) in [6.45, 7) is 3.02. The van der Waals surface area contributed by atoms with E-state index in [2.05, 4.69) is 11.4 Å². The van der Waals surface area contributed by atoms with Crippen LogP contribution in [0.3, 0.4) is 0 Å². The molecule has 0 bridgehead atoms. The fourth-order valence-electron chi connectivity index (χ4n) is 3.55. The Morgan fingerprint density at radius 3 is 2.71 bits per heavy atom. The van der Waals surface area contributed by atoms with Crippen molar-refractivity contribution in [1.82, 2.24) is 5.32 Å². The quantitative estimate of drug-likeness (QED) is 0.683. The van der Waals surface area contributed by atoms with Crippen molar-refractivity contribution in [2.75, 3.05) is 6.61 Å². The van der Waals surface area contributed by atoms with Gasteiger partial charge in [0.2, 0.25) is 5.76 Å². The van der Waals surface area contributed by atoms with E-state index >= 15 is 0 Å². The van der Waals surface area contributed by atoms with Gasteiger partial charge in [-0.3, -0.25) is 4.79 Å². The van der Waals surface area contributed by atoms with Gasteiger partial charge in [-0.2, -0.15) is 5.26 Å². The van der Waals surface area contributed by atoms with Gasteiger partial charge in [0.25, 0.3) is 5.91 Å². The van der Waals surface area contributed by atoms with Crippen molar-refractivity contribution in [3.05, 3.63) is 47.7 Å². The second-order valence-electron chi connectivity index (χ2n) is 7.43. The normalized spacial score (nSPS) is 15.8. The first-order chi connectivity index (χ1) is 13.4. The standard InChI is InChI=1S/C22H20N2O4/c1-13-16-10-7-14-5-3-4-6-17(14)20(16)28-19(13)21(26)27-11-18(25)24-22(2,12-23)15-8-9-15/h3-7,10,15H,8-9,11H2,1-2H3,(H,24,25)/t22-/m1/s1. The predicted octanol–water partition coefficient (Wildman–Crippen LogP) is 3.86. The molecule has 0 unspecified atom stereocenters. The number of hydrogen-bond acceptors (Lipinski definition) is 5. The number of nitrogens with one attached hydrogen (secondary N) is 1. The van der Waals surface area contributed by atoms with Gasteiger partial charge in [-0.05, 0) is 38.0 Å². The Bertz CT molecular complexity index is 1140. The van der Waals surface area contributed by atoms with Crippen molar-refractivity contribution >= 4 is 33.6 Å². The van der Waals surface area contributed by atoms with Crippen LogP contribution in [0.1, 0.15) is 35.9 Å². The van der Waals surface area contributed by atoms with Crippen LogP contribution in [0.15, 0.2) is 40.8 Å². The van der Waals surface area contributed by atoms with Gasteiger partial charge in [0, 0.05) is 16.3 Å². The topological polar surface area (TPSA) is 92.3 Å². The molecule has 1 aliphatic carbocycles.